The van der Waals surface area contributed by atoms with Gasteiger partial charge in [0.05, 0.1) is 11.7 Å². The van der Waals surface area contributed by atoms with Crippen LogP contribution in [0, 0.1) is 5.92 Å². The minimum Gasteiger partial charge on any atom is -0.364 e. The lowest BCUT2D eigenvalue weighted by molar-refractivity contribution is -0.118. The monoisotopic (exact) mass is 307 g/mol. The van der Waals surface area contributed by atoms with E-state index in [0.29, 0.717) is 16.5 Å². The van der Waals surface area contributed by atoms with E-state index >= 15 is 0 Å². The molecule has 6 N–H and O–H groups in total. The first-order valence-corrected chi connectivity index (χ1v) is 7.27. The van der Waals surface area contributed by atoms with E-state index < -0.39 is 11.9 Å². The Balaban J connectivity index is 2.10. The summed E-state index contributed by atoms with van der Waals surface area (Å²) in [4.78, 5) is 30.0. The summed E-state index contributed by atoms with van der Waals surface area (Å²) in [6, 6.07) is 1.04. The van der Waals surface area contributed by atoms with Crippen molar-refractivity contribution >= 4 is 28.3 Å². The molecule has 2 aromatic heterocycles. The second-order valence-electron chi connectivity index (χ2n) is 4.96. The van der Waals surface area contributed by atoms with Crippen LogP contribution in [0.5, 0.6) is 0 Å². The van der Waals surface area contributed by atoms with Crippen molar-refractivity contribution in [3.8, 4) is 11.3 Å². The molecule has 2 rings (SSSR count). The second-order valence-corrected chi connectivity index (χ2v) is 5.82. The van der Waals surface area contributed by atoms with E-state index in [4.69, 9.17) is 11.5 Å². The Kier molecular flexibility index (Phi) is 4.39. The van der Waals surface area contributed by atoms with E-state index in [1.807, 2.05) is 13.8 Å². The van der Waals surface area contributed by atoms with Gasteiger partial charge in [0.2, 0.25) is 5.91 Å². The third-order valence-corrected chi connectivity index (χ3v) is 3.76. The number of carbonyl (C=O) groups excluding carboxylic acids is 2. The van der Waals surface area contributed by atoms with Crippen molar-refractivity contribution < 1.29 is 9.59 Å². The van der Waals surface area contributed by atoms with Crippen molar-refractivity contribution in [1.29, 1.82) is 0 Å². The number of amides is 2. The fourth-order valence-electron chi connectivity index (χ4n) is 1.64. The highest BCUT2D eigenvalue weighted by molar-refractivity contribution is 7.14. The van der Waals surface area contributed by atoms with Crippen molar-refractivity contribution in [2.45, 2.75) is 19.9 Å². The topological polar surface area (TPSA) is 127 Å². The van der Waals surface area contributed by atoms with Gasteiger partial charge in [0, 0.05) is 17.1 Å². The molecule has 0 aliphatic carbocycles. The summed E-state index contributed by atoms with van der Waals surface area (Å²) in [5.74, 6) is -0.752. The van der Waals surface area contributed by atoms with E-state index in [2.05, 4.69) is 15.3 Å². The van der Waals surface area contributed by atoms with Gasteiger partial charge in [-0.25, -0.2) is 4.98 Å². The molecule has 0 aliphatic rings. The van der Waals surface area contributed by atoms with Crippen LogP contribution in [0.1, 0.15) is 24.3 Å². The van der Waals surface area contributed by atoms with E-state index in [-0.39, 0.29) is 11.8 Å². The number of rotatable bonds is 5. The van der Waals surface area contributed by atoms with Crippen LogP contribution in [0.4, 0.5) is 5.13 Å². The van der Waals surface area contributed by atoms with Crippen LogP contribution in [-0.2, 0) is 4.79 Å². The van der Waals surface area contributed by atoms with Crippen LogP contribution >= 0.6 is 11.3 Å². The Hall–Kier alpha value is -2.19. The van der Waals surface area contributed by atoms with E-state index in [1.165, 1.54) is 11.3 Å². The van der Waals surface area contributed by atoms with E-state index in [1.54, 1.807) is 17.6 Å². The standard InChI is InChI=1S/C13H17N5O2S/c1-6(2)10(14)12(20)18-13-17-9(5-21-13)7-3-8(11(15)19)16-4-7/h3-6,10,16H,14H2,1-2H3,(H2,15,19)(H,17,18,20)/t10-/m0/s1. The van der Waals surface area contributed by atoms with Gasteiger partial charge in [-0.1, -0.05) is 13.8 Å². The fraction of sp³-hybridized carbons (Fsp3) is 0.308. The molecule has 2 heterocycles. The molecule has 0 aliphatic heterocycles. The maximum absolute atomic E-state index is 11.9. The molecule has 0 bridgehead atoms. The fourth-order valence-corrected chi connectivity index (χ4v) is 2.36. The summed E-state index contributed by atoms with van der Waals surface area (Å²) >= 11 is 1.29. The molecule has 2 amide bonds. The molecular formula is C13H17N5O2S. The van der Waals surface area contributed by atoms with Gasteiger partial charge in [-0.3, -0.25) is 9.59 Å². The Morgan fingerprint density at radius 2 is 2.14 bits per heavy atom. The van der Waals surface area contributed by atoms with Gasteiger partial charge in [-0.05, 0) is 12.0 Å². The van der Waals surface area contributed by atoms with Gasteiger partial charge in [0.25, 0.3) is 5.91 Å². The highest BCUT2D eigenvalue weighted by atomic mass is 32.1. The third-order valence-electron chi connectivity index (χ3n) is 3.00. The summed E-state index contributed by atoms with van der Waals surface area (Å²) in [7, 11) is 0. The summed E-state index contributed by atoms with van der Waals surface area (Å²) in [5, 5.41) is 4.93. The number of thiazole rings is 1. The van der Waals surface area contributed by atoms with Crippen molar-refractivity contribution in [2.75, 3.05) is 5.32 Å². The molecule has 2 aromatic rings. The number of primary amides is 1. The minimum atomic E-state index is -0.578. The smallest absolute Gasteiger partial charge is 0.265 e. The molecule has 0 saturated heterocycles. The normalized spacial score (nSPS) is 12.4. The predicted molar refractivity (Wildman–Crippen MR) is 81.9 cm³/mol. The van der Waals surface area contributed by atoms with Crippen LogP contribution in [0.15, 0.2) is 17.6 Å². The number of hydrogen-bond donors (Lipinski definition) is 4. The molecule has 0 fully saturated rings. The molecule has 0 aromatic carbocycles. The number of nitrogens with two attached hydrogens (primary N) is 2. The number of nitrogens with one attached hydrogen (secondary N) is 2. The molecule has 1 atom stereocenters. The van der Waals surface area contributed by atoms with Gasteiger partial charge in [0.1, 0.15) is 5.69 Å². The van der Waals surface area contributed by atoms with Crippen LogP contribution in [0.25, 0.3) is 11.3 Å². The molecule has 8 heteroatoms. The lowest BCUT2D eigenvalue weighted by Gasteiger charge is -2.13. The van der Waals surface area contributed by atoms with Crippen LogP contribution in [0.2, 0.25) is 0 Å². The van der Waals surface area contributed by atoms with Crippen molar-refractivity contribution in [1.82, 2.24) is 9.97 Å². The zero-order valence-corrected chi connectivity index (χ0v) is 12.5. The number of carbonyl (C=O) groups is 2. The van der Waals surface area contributed by atoms with Crippen LogP contribution in [-0.4, -0.2) is 27.8 Å². The molecule has 7 nitrogen and oxygen atoms in total. The highest BCUT2D eigenvalue weighted by Gasteiger charge is 2.18. The van der Waals surface area contributed by atoms with Crippen LogP contribution in [0.3, 0.4) is 0 Å². The number of aromatic amines is 1. The largest absolute Gasteiger partial charge is 0.364 e. The van der Waals surface area contributed by atoms with Gasteiger partial charge in [0.15, 0.2) is 5.13 Å². The Morgan fingerprint density at radius 1 is 1.43 bits per heavy atom. The first kappa shape index (κ1) is 15.2. The van der Waals surface area contributed by atoms with Gasteiger partial charge in [-0.2, -0.15) is 0 Å². The van der Waals surface area contributed by atoms with E-state index in [0.717, 1.165) is 5.56 Å². The summed E-state index contributed by atoms with van der Waals surface area (Å²) in [6.07, 6.45) is 1.64. The quantitative estimate of drug-likeness (QED) is 0.661. The lowest BCUT2D eigenvalue weighted by Crippen LogP contribution is -2.39. The number of H-pyrrole nitrogens is 1. The van der Waals surface area contributed by atoms with Gasteiger partial charge in [-0.15, -0.1) is 11.3 Å². The molecule has 0 radical (unpaired) electrons. The van der Waals surface area contributed by atoms with Gasteiger partial charge < -0.3 is 21.8 Å². The summed E-state index contributed by atoms with van der Waals surface area (Å²) < 4.78 is 0. The maximum Gasteiger partial charge on any atom is 0.265 e. The molecule has 21 heavy (non-hydrogen) atoms. The van der Waals surface area contributed by atoms with E-state index in [9.17, 15) is 9.59 Å². The Labute approximate surface area is 125 Å². The molecule has 0 spiro atoms. The summed E-state index contributed by atoms with van der Waals surface area (Å²) in [5.41, 5.74) is 12.6. The van der Waals surface area contributed by atoms with Crippen molar-refractivity contribution in [3.63, 3.8) is 0 Å². The highest BCUT2D eigenvalue weighted by Crippen LogP contribution is 2.25. The molecule has 0 saturated carbocycles. The zero-order chi connectivity index (χ0) is 15.6. The number of anilines is 1. The number of aromatic nitrogens is 2. The lowest BCUT2D eigenvalue weighted by atomic mass is 10.1. The molecular weight excluding hydrogens is 290 g/mol. The van der Waals surface area contributed by atoms with Crippen LogP contribution < -0.4 is 16.8 Å². The Morgan fingerprint density at radius 3 is 2.71 bits per heavy atom. The first-order valence-electron chi connectivity index (χ1n) is 6.39. The molecule has 0 unspecified atom stereocenters. The molecule has 112 valence electrons. The maximum atomic E-state index is 11.9. The SMILES string of the molecule is CC(C)[C@H](N)C(=O)Nc1nc(-c2c[nH]c(C(N)=O)c2)cs1. The summed E-state index contributed by atoms with van der Waals surface area (Å²) in [6.45, 7) is 3.76. The Bertz CT molecular complexity index is 661. The van der Waals surface area contributed by atoms with Crippen molar-refractivity contribution in [2.24, 2.45) is 17.4 Å². The third kappa shape index (κ3) is 3.47. The minimum absolute atomic E-state index is 0.0484. The number of hydrogen-bond acceptors (Lipinski definition) is 5. The predicted octanol–water partition coefficient (Wildman–Crippen LogP) is 1.16. The average molecular weight is 307 g/mol. The first-order chi connectivity index (χ1) is 9.88. The average Bonchev–Trinajstić information content (AvgIpc) is 3.05. The van der Waals surface area contributed by atoms with Gasteiger partial charge >= 0.3 is 0 Å². The van der Waals surface area contributed by atoms with Crippen molar-refractivity contribution in [3.05, 3.63) is 23.3 Å². The zero-order valence-electron chi connectivity index (χ0n) is 11.7. The second kappa shape index (κ2) is 6.06. The number of nitrogens with zero attached hydrogens (tertiary/aromatic N) is 1.